The fourth-order valence-corrected chi connectivity index (χ4v) is 2.62. The molecule has 1 aromatic heterocycles. The molecule has 0 saturated heterocycles. The summed E-state index contributed by atoms with van der Waals surface area (Å²) in [5.74, 6) is 0.0140. The minimum Gasteiger partial charge on any atom is -0.382 e. The Hall–Kier alpha value is -1.58. The highest BCUT2D eigenvalue weighted by molar-refractivity contribution is 5.93. The third kappa shape index (κ3) is 3.46. The average molecular weight is 261 g/mol. The standard InChI is InChI=1S/C15H23N3O/c1-3-18(4-2)15(19)14-11-13(9-10-16-14)17-12-7-5-6-8-12/h9-12H,3-8H2,1-2H3,(H,16,17). The SMILES string of the molecule is CCN(CC)C(=O)c1cc(NC2CCCC2)ccn1. The van der Waals surface area contributed by atoms with Gasteiger partial charge in [-0.25, -0.2) is 0 Å². The highest BCUT2D eigenvalue weighted by Gasteiger charge is 2.17. The Morgan fingerprint density at radius 1 is 1.37 bits per heavy atom. The van der Waals surface area contributed by atoms with Gasteiger partial charge in [-0.3, -0.25) is 9.78 Å². The van der Waals surface area contributed by atoms with Crippen LogP contribution in [0.2, 0.25) is 0 Å². The minimum atomic E-state index is 0.0140. The lowest BCUT2D eigenvalue weighted by molar-refractivity contribution is 0.0767. The average Bonchev–Trinajstić information content (AvgIpc) is 2.93. The van der Waals surface area contributed by atoms with Crippen LogP contribution < -0.4 is 5.32 Å². The molecule has 0 aromatic carbocycles. The molecule has 1 heterocycles. The van der Waals surface area contributed by atoms with E-state index < -0.39 is 0 Å². The molecular weight excluding hydrogens is 238 g/mol. The van der Waals surface area contributed by atoms with Crippen LogP contribution in [0.5, 0.6) is 0 Å². The Morgan fingerprint density at radius 2 is 2.05 bits per heavy atom. The molecule has 19 heavy (non-hydrogen) atoms. The van der Waals surface area contributed by atoms with Gasteiger partial charge in [0.05, 0.1) is 0 Å². The van der Waals surface area contributed by atoms with Gasteiger partial charge in [0, 0.05) is 31.0 Å². The van der Waals surface area contributed by atoms with Crippen LogP contribution in [0.3, 0.4) is 0 Å². The summed E-state index contributed by atoms with van der Waals surface area (Å²) >= 11 is 0. The van der Waals surface area contributed by atoms with Gasteiger partial charge in [0.1, 0.15) is 5.69 Å². The molecule has 4 heteroatoms. The Kier molecular flexibility index (Phi) is 4.77. The molecule has 1 aliphatic rings. The molecule has 1 aromatic rings. The zero-order valence-corrected chi connectivity index (χ0v) is 11.9. The lowest BCUT2D eigenvalue weighted by Gasteiger charge is -2.19. The van der Waals surface area contributed by atoms with Crippen molar-refractivity contribution < 1.29 is 4.79 Å². The third-order valence-electron chi connectivity index (χ3n) is 3.76. The van der Waals surface area contributed by atoms with Gasteiger partial charge in [0.2, 0.25) is 0 Å². The van der Waals surface area contributed by atoms with Crippen LogP contribution in [0, 0.1) is 0 Å². The van der Waals surface area contributed by atoms with E-state index in [4.69, 9.17) is 0 Å². The van der Waals surface area contributed by atoms with Crippen LogP contribution in [0.25, 0.3) is 0 Å². The van der Waals surface area contributed by atoms with E-state index in [1.807, 2.05) is 26.0 Å². The van der Waals surface area contributed by atoms with Crippen LogP contribution in [0.1, 0.15) is 50.0 Å². The van der Waals surface area contributed by atoms with E-state index >= 15 is 0 Å². The number of nitrogens with zero attached hydrogens (tertiary/aromatic N) is 2. The Morgan fingerprint density at radius 3 is 2.68 bits per heavy atom. The highest BCUT2D eigenvalue weighted by atomic mass is 16.2. The molecule has 0 radical (unpaired) electrons. The first kappa shape index (κ1) is 13.8. The summed E-state index contributed by atoms with van der Waals surface area (Å²) in [7, 11) is 0. The molecule has 0 unspecified atom stereocenters. The summed E-state index contributed by atoms with van der Waals surface area (Å²) in [5.41, 5.74) is 1.55. The number of amides is 1. The predicted octanol–water partition coefficient (Wildman–Crippen LogP) is 2.92. The zero-order chi connectivity index (χ0) is 13.7. The van der Waals surface area contributed by atoms with E-state index in [0.29, 0.717) is 11.7 Å². The second kappa shape index (κ2) is 6.55. The second-order valence-electron chi connectivity index (χ2n) is 5.03. The maximum absolute atomic E-state index is 12.2. The third-order valence-corrected chi connectivity index (χ3v) is 3.76. The van der Waals surface area contributed by atoms with Crippen LogP contribution in [0.15, 0.2) is 18.3 Å². The fourth-order valence-electron chi connectivity index (χ4n) is 2.62. The van der Waals surface area contributed by atoms with E-state index in [0.717, 1.165) is 18.8 Å². The largest absolute Gasteiger partial charge is 0.382 e. The van der Waals surface area contributed by atoms with Crippen molar-refractivity contribution in [1.29, 1.82) is 0 Å². The topological polar surface area (TPSA) is 45.2 Å². The summed E-state index contributed by atoms with van der Waals surface area (Å²) < 4.78 is 0. The van der Waals surface area contributed by atoms with Gasteiger partial charge < -0.3 is 10.2 Å². The predicted molar refractivity (Wildman–Crippen MR) is 77.4 cm³/mol. The monoisotopic (exact) mass is 261 g/mol. The van der Waals surface area contributed by atoms with Crippen molar-refractivity contribution in [2.24, 2.45) is 0 Å². The molecule has 0 spiro atoms. The Labute approximate surface area is 115 Å². The Bertz CT molecular complexity index is 423. The van der Waals surface area contributed by atoms with Crippen LogP contribution in [-0.4, -0.2) is 34.9 Å². The molecule has 0 aliphatic heterocycles. The Balaban J connectivity index is 2.07. The van der Waals surface area contributed by atoms with Gasteiger partial charge in [-0.05, 0) is 38.8 Å². The second-order valence-corrected chi connectivity index (χ2v) is 5.03. The van der Waals surface area contributed by atoms with Gasteiger partial charge in [-0.1, -0.05) is 12.8 Å². The number of pyridine rings is 1. The number of nitrogens with one attached hydrogen (secondary N) is 1. The van der Waals surface area contributed by atoms with E-state index in [2.05, 4.69) is 10.3 Å². The van der Waals surface area contributed by atoms with Gasteiger partial charge >= 0.3 is 0 Å². The van der Waals surface area contributed by atoms with E-state index in [-0.39, 0.29) is 5.91 Å². The lowest BCUT2D eigenvalue weighted by Crippen LogP contribution is -2.31. The first-order valence-electron chi connectivity index (χ1n) is 7.26. The summed E-state index contributed by atoms with van der Waals surface area (Å²) in [4.78, 5) is 18.2. The molecular formula is C15H23N3O. The molecule has 2 rings (SSSR count). The molecule has 1 aliphatic carbocycles. The van der Waals surface area contributed by atoms with E-state index in [9.17, 15) is 4.79 Å². The number of aromatic nitrogens is 1. The lowest BCUT2D eigenvalue weighted by atomic mass is 10.2. The van der Waals surface area contributed by atoms with Crippen molar-refractivity contribution in [3.8, 4) is 0 Å². The van der Waals surface area contributed by atoms with Crippen LogP contribution in [-0.2, 0) is 0 Å². The smallest absolute Gasteiger partial charge is 0.272 e. The molecule has 1 fully saturated rings. The normalized spacial score (nSPS) is 15.5. The van der Waals surface area contributed by atoms with E-state index in [1.165, 1.54) is 25.7 Å². The number of carbonyl (C=O) groups excluding carboxylic acids is 1. The molecule has 0 bridgehead atoms. The number of anilines is 1. The number of hydrogen-bond donors (Lipinski definition) is 1. The molecule has 104 valence electrons. The quantitative estimate of drug-likeness (QED) is 0.886. The van der Waals surface area contributed by atoms with Gasteiger partial charge in [-0.15, -0.1) is 0 Å². The van der Waals surface area contributed by atoms with Gasteiger partial charge in [-0.2, -0.15) is 0 Å². The molecule has 1 N–H and O–H groups in total. The first-order chi connectivity index (χ1) is 9.24. The first-order valence-corrected chi connectivity index (χ1v) is 7.26. The summed E-state index contributed by atoms with van der Waals surface area (Å²) in [6.45, 7) is 5.42. The van der Waals surface area contributed by atoms with E-state index in [1.54, 1.807) is 11.1 Å². The van der Waals surface area contributed by atoms with Crippen molar-refractivity contribution in [3.05, 3.63) is 24.0 Å². The summed E-state index contributed by atoms with van der Waals surface area (Å²) in [6.07, 6.45) is 6.76. The maximum Gasteiger partial charge on any atom is 0.272 e. The van der Waals surface area contributed by atoms with Crippen molar-refractivity contribution in [3.63, 3.8) is 0 Å². The van der Waals surface area contributed by atoms with Crippen molar-refractivity contribution >= 4 is 11.6 Å². The van der Waals surface area contributed by atoms with Crippen LogP contribution in [0.4, 0.5) is 5.69 Å². The van der Waals surface area contributed by atoms with Crippen LogP contribution >= 0.6 is 0 Å². The van der Waals surface area contributed by atoms with Gasteiger partial charge in [0.15, 0.2) is 0 Å². The molecule has 4 nitrogen and oxygen atoms in total. The zero-order valence-electron chi connectivity index (χ0n) is 11.9. The number of rotatable bonds is 5. The minimum absolute atomic E-state index is 0.0140. The van der Waals surface area contributed by atoms with Gasteiger partial charge in [0.25, 0.3) is 5.91 Å². The van der Waals surface area contributed by atoms with Crippen molar-refractivity contribution in [2.75, 3.05) is 18.4 Å². The highest BCUT2D eigenvalue weighted by Crippen LogP contribution is 2.22. The molecule has 1 saturated carbocycles. The molecule has 0 atom stereocenters. The van der Waals surface area contributed by atoms with Crippen molar-refractivity contribution in [2.45, 2.75) is 45.6 Å². The maximum atomic E-state index is 12.2. The van der Waals surface area contributed by atoms with Crippen molar-refractivity contribution in [1.82, 2.24) is 9.88 Å². The summed E-state index contributed by atoms with van der Waals surface area (Å²) in [6, 6.07) is 4.37. The molecule has 1 amide bonds. The number of hydrogen-bond acceptors (Lipinski definition) is 3. The fraction of sp³-hybridized carbons (Fsp3) is 0.600. The number of carbonyl (C=O) groups is 1. The summed E-state index contributed by atoms with van der Waals surface area (Å²) in [5, 5.41) is 3.50.